The summed E-state index contributed by atoms with van der Waals surface area (Å²) in [5.41, 5.74) is 3.48. The molecule has 1 heterocycles. The lowest BCUT2D eigenvalue weighted by Crippen LogP contribution is -2.15. The molecule has 3 heteroatoms. The summed E-state index contributed by atoms with van der Waals surface area (Å²) < 4.78 is 11.2. The maximum atomic E-state index is 6.66. The van der Waals surface area contributed by atoms with Crippen molar-refractivity contribution in [2.45, 2.75) is 18.7 Å². The average Bonchev–Trinajstić information content (AvgIpc) is 2.53. The van der Waals surface area contributed by atoms with Gasteiger partial charge in [0, 0.05) is 0 Å². The van der Waals surface area contributed by atoms with Crippen LogP contribution in [0.3, 0.4) is 0 Å². The number of alkyl halides is 1. The molecule has 0 aliphatic carbocycles. The fourth-order valence-corrected chi connectivity index (χ4v) is 2.85. The molecule has 0 saturated carbocycles. The summed E-state index contributed by atoms with van der Waals surface area (Å²) in [6.45, 7) is 3.34. The Morgan fingerprint density at radius 2 is 1.80 bits per heavy atom. The third-order valence-electron chi connectivity index (χ3n) is 3.57. The van der Waals surface area contributed by atoms with E-state index in [9.17, 15) is 0 Å². The molecule has 2 aromatic carbocycles. The number of aryl methyl sites for hydroxylation is 1. The Morgan fingerprint density at radius 3 is 2.60 bits per heavy atom. The molecule has 0 radical (unpaired) electrons. The van der Waals surface area contributed by atoms with Crippen LogP contribution in [0.15, 0.2) is 42.5 Å². The summed E-state index contributed by atoms with van der Waals surface area (Å²) in [6, 6.07) is 14.2. The van der Waals surface area contributed by atoms with Crippen LogP contribution >= 0.6 is 11.6 Å². The summed E-state index contributed by atoms with van der Waals surface area (Å²) in [4.78, 5) is 0. The van der Waals surface area contributed by atoms with Gasteiger partial charge < -0.3 is 9.47 Å². The molecule has 20 heavy (non-hydrogen) atoms. The highest BCUT2D eigenvalue weighted by Crippen LogP contribution is 2.37. The van der Waals surface area contributed by atoms with Crippen LogP contribution in [0, 0.1) is 0 Å². The summed E-state index contributed by atoms with van der Waals surface area (Å²) in [5.74, 6) is 1.58. The molecule has 2 aromatic rings. The van der Waals surface area contributed by atoms with Crippen LogP contribution in [-0.4, -0.2) is 13.2 Å². The van der Waals surface area contributed by atoms with E-state index in [0.29, 0.717) is 13.2 Å². The predicted octanol–water partition coefficient (Wildman–Crippen LogP) is 4.35. The van der Waals surface area contributed by atoms with Crippen molar-refractivity contribution in [1.82, 2.24) is 0 Å². The number of ether oxygens (including phenoxy) is 2. The first-order valence-electron chi connectivity index (χ1n) is 6.91. The third kappa shape index (κ3) is 2.48. The number of fused-ring (bicyclic) bond motifs is 1. The van der Waals surface area contributed by atoms with E-state index in [0.717, 1.165) is 29.0 Å². The molecule has 104 valence electrons. The van der Waals surface area contributed by atoms with Crippen molar-refractivity contribution in [3.8, 4) is 11.5 Å². The van der Waals surface area contributed by atoms with Crippen LogP contribution in [-0.2, 0) is 6.42 Å². The van der Waals surface area contributed by atoms with Gasteiger partial charge in [-0.15, -0.1) is 11.6 Å². The Kier molecular flexibility index (Phi) is 3.83. The minimum atomic E-state index is -0.165. The molecule has 0 N–H and O–H groups in total. The smallest absolute Gasteiger partial charge is 0.161 e. The average molecular weight is 289 g/mol. The van der Waals surface area contributed by atoms with Gasteiger partial charge in [-0.1, -0.05) is 37.3 Å². The zero-order chi connectivity index (χ0) is 13.9. The van der Waals surface area contributed by atoms with Gasteiger partial charge in [0.25, 0.3) is 0 Å². The van der Waals surface area contributed by atoms with Gasteiger partial charge in [-0.3, -0.25) is 0 Å². The van der Waals surface area contributed by atoms with Crippen molar-refractivity contribution >= 4 is 11.6 Å². The van der Waals surface area contributed by atoms with E-state index in [4.69, 9.17) is 21.1 Å². The van der Waals surface area contributed by atoms with E-state index in [-0.39, 0.29) is 5.38 Å². The van der Waals surface area contributed by atoms with Gasteiger partial charge in [0.2, 0.25) is 0 Å². The van der Waals surface area contributed by atoms with Crippen LogP contribution in [0.5, 0.6) is 11.5 Å². The number of rotatable bonds is 3. The lowest BCUT2D eigenvalue weighted by molar-refractivity contribution is 0.171. The molecule has 0 aromatic heterocycles. The Morgan fingerprint density at radius 1 is 1.05 bits per heavy atom. The fraction of sp³-hybridized carbons (Fsp3) is 0.294. The molecule has 1 aliphatic heterocycles. The SMILES string of the molecule is CCc1ccccc1C(Cl)c1ccc2c(c1)OCCO2. The van der Waals surface area contributed by atoms with E-state index in [1.54, 1.807) is 0 Å². The summed E-state index contributed by atoms with van der Waals surface area (Å²) in [7, 11) is 0. The highest BCUT2D eigenvalue weighted by Gasteiger charge is 2.18. The van der Waals surface area contributed by atoms with E-state index >= 15 is 0 Å². The van der Waals surface area contributed by atoms with Crippen molar-refractivity contribution in [1.29, 1.82) is 0 Å². The van der Waals surface area contributed by atoms with Crippen molar-refractivity contribution < 1.29 is 9.47 Å². The first kappa shape index (κ1) is 13.3. The Labute approximate surface area is 124 Å². The number of halogens is 1. The molecule has 1 unspecified atom stereocenters. The highest BCUT2D eigenvalue weighted by molar-refractivity contribution is 6.22. The second kappa shape index (κ2) is 5.76. The normalized spacial score (nSPS) is 14.9. The standard InChI is InChI=1S/C17H17ClO2/c1-2-12-5-3-4-6-14(12)17(18)13-7-8-15-16(11-13)20-10-9-19-15/h3-8,11,17H,2,9-10H2,1H3. The quantitative estimate of drug-likeness (QED) is 0.782. The van der Waals surface area contributed by atoms with Gasteiger partial charge in [0.15, 0.2) is 11.5 Å². The molecule has 0 fully saturated rings. The van der Waals surface area contributed by atoms with Gasteiger partial charge >= 0.3 is 0 Å². The first-order valence-corrected chi connectivity index (χ1v) is 7.34. The van der Waals surface area contributed by atoms with E-state index in [1.807, 2.05) is 24.3 Å². The van der Waals surface area contributed by atoms with Crippen molar-refractivity contribution in [2.24, 2.45) is 0 Å². The van der Waals surface area contributed by atoms with E-state index < -0.39 is 0 Å². The molecule has 1 aliphatic rings. The second-order valence-corrected chi connectivity index (χ2v) is 5.25. The molecule has 3 rings (SSSR count). The highest BCUT2D eigenvalue weighted by atomic mass is 35.5. The summed E-state index contributed by atoms with van der Waals surface area (Å²) in [5, 5.41) is -0.165. The van der Waals surface area contributed by atoms with Gasteiger partial charge in [0.1, 0.15) is 13.2 Å². The molecule has 0 saturated heterocycles. The molecule has 0 amide bonds. The van der Waals surface area contributed by atoms with Crippen molar-refractivity contribution in [2.75, 3.05) is 13.2 Å². The first-order chi connectivity index (χ1) is 9.79. The molecule has 1 atom stereocenters. The Hall–Kier alpha value is -1.67. The number of hydrogen-bond donors (Lipinski definition) is 0. The lowest BCUT2D eigenvalue weighted by Gasteiger charge is -2.21. The maximum Gasteiger partial charge on any atom is 0.161 e. The maximum absolute atomic E-state index is 6.66. The minimum absolute atomic E-state index is 0.165. The van der Waals surface area contributed by atoms with Gasteiger partial charge in [-0.2, -0.15) is 0 Å². The van der Waals surface area contributed by atoms with Gasteiger partial charge in [-0.25, -0.2) is 0 Å². The molecule has 0 bridgehead atoms. The van der Waals surface area contributed by atoms with Crippen LogP contribution in [0.4, 0.5) is 0 Å². The van der Waals surface area contributed by atoms with Crippen LogP contribution in [0.1, 0.15) is 29.0 Å². The Balaban J connectivity index is 1.96. The second-order valence-electron chi connectivity index (χ2n) is 4.82. The van der Waals surface area contributed by atoms with Crippen LogP contribution in [0.2, 0.25) is 0 Å². The van der Waals surface area contributed by atoms with E-state index in [1.165, 1.54) is 5.56 Å². The van der Waals surface area contributed by atoms with E-state index in [2.05, 4.69) is 25.1 Å². The molecular weight excluding hydrogens is 272 g/mol. The minimum Gasteiger partial charge on any atom is -0.486 e. The van der Waals surface area contributed by atoms with Gasteiger partial charge in [0.05, 0.1) is 5.38 Å². The van der Waals surface area contributed by atoms with Crippen molar-refractivity contribution in [3.05, 3.63) is 59.2 Å². The summed E-state index contributed by atoms with van der Waals surface area (Å²) in [6.07, 6.45) is 0.976. The fourth-order valence-electron chi connectivity index (χ4n) is 2.50. The third-order valence-corrected chi connectivity index (χ3v) is 4.06. The zero-order valence-corrected chi connectivity index (χ0v) is 12.2. The topological polar surface area (TPSA) is 18.5 Å². The molecule has 2 nitrogen and oxygen atoms in total. The summed E-state index contributed by atoms with van der Waals surface area (Å²) >= 11 is 6.66. The molecular formula is C17H17ClO2. The van der Waals surface area contributed by atoms with Crippen LogP contribution in [0.25, 0.3) is 0 Å². The van der Waals surface area contributed by atoms with Crippen molar-refractivity contribution in [3.63, 3.8) is 0 Å². The van der Waals surface area contributed by atoms with Gasteiger partial charge in [-0.05, 0) is 35.2 Å². The number of benzene rings is 2. The Bertz CT molecular complexity index is 610. The lowest BCUT2D eigenvalue weighted by atomic mass is 9.97. The largest absolute Gasteiger partial charge is 0.486 e. The predicted molar refractivity (Wildman–Crippen MR) is 80.9 cm³/mol. The van der Waals surface area contributed by atoms with Crippen LogP contribution < -0.4 is 9.47 Å². The monoisotopic (exact) mass is 288 g/mol. The molecule has 0 spiro atoms. The zero-order valence-electron chi connectivity index (χ0n) is 11.4. The number of hydrogen-bond acceptors (Lipinski definition) is 2.